The fourth-order valence-corrected chi connectivity index (χ4v) is 2.14. The highest BCUT2D eigenvalue weighted by molar-refractivity contribution is 6.04. The van der Waals surface area contributed by atoms with Gasteiger partial charge in [-0.1, -0.05) is 48.5 Å². The summed E-state index contributed by atoms with van der Waals surface area (Å²) in [6.45, 7) is 1.81. The van der Waals surface area contributed by atoms with Gasteiger partial charge in [-0.2, -0.15) is 0 Å². The monoisotopic (exact) mass is 289 g/mol. The maximum Gasteiger partial charge on any atom is 0.259 e. The van der Waals surface area contributed by atoms with Crippen molar-refractivity contribution in [2.45, 2.75) is 6.92 Å². The van der Waals surface area contributed by atoms with Crippen LogP contribution in [-0.2, 0) is 0 Å². The highest BCUT2D eigenvalue weighted by atomic mass is 16.1. The first kappa shape index (κ1) is 13.9. The standard InChI is InChI=1S/C18H15N3O/c1-13-16(18(22)21-15-10-6-3-7-11-15)12-19-17(20-13)14-8-4-2-5-9-14/h2-12H,1H3,(H,21,22). The van der Waals surface area contributed by atoms with E-state index in [1.807, 2.05) is 67.6 Å². The lowest BCUT2D eigenvalue weighted by atomic mass is 10.2. The van der Waals surface area contributed by atoms with Gasteiger partial charge in [0.1, 0.15) is 0 Å². The van der Waals surface area contributed by atoms with Gasteiger partial charge >= 0.3 is 0 Å². The SMILES string of the molecule is Cc1nc(-c2ccccc2)ncc1C(=O)Nc1ccccc1. The molecule has 0 aliphatic rings. The molecule has 4 nitrogen and oxygen atoms in total. The van der Waals surface area contributed by atoms with Gasteiger partial charge in [0, 0.05) is 17.4 Å². The number of anilines is 1. The molecule has 108 valence electrons. The third-order valence-corrected chi connectivity index (χ3v) is 3.29. The summed E-state index contributed by atoms with van der Waals surface area (Å²) in [7, 11) is 0. The highest BCUT2D eigenvalue weighted by Gasteiger charge is 2.12. The Morgan fingerprint density at radius 1 is 0.955 bits per heavy atom. The summed E-state index contributed by atoms with van der Waals surface area (Å²) < 4.78 is 0. The zero-order valence-electron chi connectivity index (χ0n) is 12.2. The summed E-state index contributed by atoms with van der Waals surface area (Å²) in [4.78, 5) is 21.0. The maximum absolute atomic E-state index is 12.3. The predicted molar refractivity (Wildman–Crippen MR) is 86.6 cm³/mol. The van der Waals surface area contributed by atoms with Crippen LogP contribution in [0.2, 0.25) is 0 Å². The summed E-state index contributed by atoms with van der Waals surface area (Å²) in [6, 6.07) is 19.0. The van der Waals surface area contributed by atoms with Crippen LogP contribution in [-0.4, -0.2) is 15.9 Å². The van der Waals surface area contributed by atoms with Crippen LogP contribution in [0.25, 0.3) is 11.4 Å². The van der Waals surface area contributed by atoms with Crippen molar-refractivity contribution in [2.24, 2.45) is 0 Å². The van der Waals surface area contributed by atoms with Gasteiger partial charge in [-0.25, -0.2) is 9.97 Å². The number of benzene rings is 2. The molecule has 3 rings (SSSR count). The zero-order chi connectivity index (χ0) is 15.4. The summed E-state index contributed by atoms with van der Waals surface area (Å²) in [6.07, 6.45) is 1.57. The van der Waals surface area contributed by atoms with Crippen molar-refractivity contribution in [3.8, 4) is 11.4 Å². The van der Waals surface area contributed by atoms with Crippen LogP contribution in [0.5, 0.6) is 0 Å². The van der Waals surface area contributed by atoms with Crippen LogP contribution in [0.4, 0.5) is 5.69 Å². The molecule has 0 spiro atoms. The highest BCUT2D eigenvalue weighted by Crippen LogP contribution is 2.16. The van der Waals surface area contributed by atoms with Gasteiger partial charge in [0.15, 0.2) is 5.82 Å². The minimum atomic E-state index is -0.205. The van der Waals surface area contributed by atoms with Crippen molar-refractivity contribution in [1.29, 1.82) is 0 Å². The summed E-state index contributed by atoms with van der Waals surface area (Å²) >= 11 is 0. The molecule has 0 bridgehead atoms. The summed E-state index contributed by atoms with van der Waals surface area (Å²) in [5.74, 6) is 0.415. The van der Waals surface area contributed by atoms with Gasteiger partial charge in [0.25, 0.3) is 5.91 Å². The molecule has 0 saturated carbocycles. The average molecular weight is 289 g/mol. The molecule has 0 aliphatic carbocycles. The molecule has 3 aromatic rings. The van der Waals surface area contributed by atoms with Crippen LogP contribution in [0, 0.1) is 6.92 Å². The Hall–Kier alpha value is -3.01. The summed E-state index contributed by atoms with van der Waals surface area (Å²) in [5.41, 5.74) is 2.81. The molecule has 0 saturated heterocycles. The second-order valence-electron chi connectivity index (χ2n) is 4.88. The van der Waals surface area contributed by atoms with E-state index in [-0.39, 0.29) is 5.91 Å². The first-order chi connectivity index (χ1) is 10.7. The number of hydrogen-bond donors (Lipinski definition) is 1. The lowest BCUT2D eigenvalue weighted by Crippen LogP contribution is -2.14. The maximum atomic E-state index is 12.3. The number of carbonyl (C=O) groups is 1. The Morgan fingerprint density at radius 3 is 2.23 bits per heavy atom. The third-order valence-electron chi connectivity index (χ3n) is 3.29. The van der Waals surface area contributed by atoms with Crippen molar-refractivity contribution in [1.82, 2.24) is 9.97 Å². The molecule has 1 N–H and O–H groups in total. The number of rotatable bonds is 3. The van der Waals surface area contributed by atoms with Crippen LogP contribution in [0.1, 0.15) is 16.1 Å². The van der Waals surface area contributed by atoms with E-state index in [1.165, 1.54) is 0 Å². The average Bonchev–Trinajstić information content (AvgIpc) is 2.56. The van der Waals surface area contributed by atoms with E-state index in [1.54, 1.807) is 6.20 Å². The number of nitrogens with zero attached hydrogens (tertiary/aromatic N) is 2. The normalized spacial score (nSPS) is 10.2. The van der Waals surface area contributed by atoms with E-state index >= 15 is 0 Å². The van der Waals surface area contributed by atoms with Crippen molar-refractivity contribution in [2.75, 3.05) is 5.32 Å². The van der Waals surface area contributed by atoms with Crippen LogP contribution < -0.4 is 5.32 Å². The van der Waals surface area contributed by atoms with E-state index < -0.39 is 0 Å². The number of nitrogens with one attached hydrogen (secondary N) is 1. The van der Waals surface area contributed by atoms with Gasteiger partial charge in [0.05, 0.1) is 11.3 Å². The fourth-order valence-electron chi connectivity index (χ4n) is 2.14. The number of hydrogen-bond acceptors (Lipinski definition) is 3. The number of carbonyl (C=O) groups excluding carboxylic acids is 1. The van der Waals surface area contributed by atoms with Crippen molar-refractivity contribution in [3.05, 3.63) is 78.1 Å². The molecule has 0 unspecified atom stereocenters. The van der Waals surface area contributed by atoms with E-state index in [0.717, 1.165) is 11.3 Å². The lowest BCUT2D eigenvalue weighted by Gasteiger charge is -2.08. The molecule has 0 fully saturated rings. The molecule has 0 aliphatic heterocycles. The Balaban J connectivity index is 1.85. The Kier molecular flexibility index (Phi) is 3.92. The molecule has 1 aromatic heterocycles. The fraction of sp³-hybridized carbons (Fsp3) is 0.0556. The van der Waals surface area contributed by atoms with E-state index in [9.17, 15) is 4.79 Å². The van der Waals surface area contributed by atoms with E-state index in [2.05, 4.69) is 15.3 Å². The van der Waals surface area contributed by atoms with Gasteiger partial charge in [0.2, 0.25) is 0 Å². The van der Waals surface area contributed by atoms with Crippen LogP contribution in [0.3, 0.4) is 0 Å². The second-order valence-corrected chi connectivity index (χ2v) is 4.88. The Bertz CT molecular complexity index is 786. The quantitative estimate of drug-likeness (QED) is 0.799. The van der Waals surface area contributed by atoms with E-state index in [0.29, 0.717) is 17.1 Å². The topological polar surface area (TPSA) is 54.9 Å². The van der Waals surface area contributed by atoms with Crippen LogP contribution >= 0.6 is 0 Å². The van der Waals surface area contributed by atoms with Gasteiger partial charge in [-0.15, -0.1) is 0 Å². The molecule has 0 radical (unpaired) electrons. The van der Waals surface area contributed by atoms with E-state index in [4.69, 9.17) is 0 Å². The lowest BCUT2D eigenvalue weighted by molar-refractivity contribution is 0.102. The molecule has 2 aromatic carbocycles. The molecule has 0 atom stereocenters. The third kappa shape index (κ3) is 3.01. The molecule has 22 heavy (non-hydrogen) atoms. The molecule has 4 heteroatoms. The number of aryl methyl sites for hydroxylation is 1. The molecule has 1 heterocycles. The number of amides is 1. The smallest absolute Gasteiger partial charge is 0.259 e. The Morgan fingerprint density at radius 2 is 1.59 bits per heavy atom. The largest absolute Gasteiger partial charge is 0.322 e. The molecule has 1 amide bonds. The molecular weight excluding hydrogens is 274 g/mol. The number of para-hydroxylation sites is 1. The summed E-state index contributed by atoms with van der Waals surface area (Å²) in [5, 5.41) is 2.84. The van der Waals surface area contributed by atoms with Crippen molar-refractivity contribution < 1.29 is 4.79 Å². The minimum absolute atomic E-state index is 0.205. The first-order valence-electron chi connectivity index (χ1n) is 6.99. The first-order valence-corrected chi connectivity index (χ1v) is 6.99. The zero-order valence-corrected chi connectivity index (χ0v) is 12.2. The molecular formula is C18H15N3O. The predicted octanol–water partition coefficient (Wildman–Crippen LogP) is 3.70. The minimum Gasteiger partial charge on any atom is -0.322 e. The van der Waals surface area contributed by atoms with Gasteiger partial charge in [-0.3, -0.25) is 4.79 Å². The van der Waals surface area contributed by atoms with Crippen molar-refractivity contribution >= 4 is 11.6 Å². The van der Waals surface area contributed by atoms with Gasteiger partial charge < -0.3 is 5.32 Å². The van der Waals surface area contributed by atoms with Gasteiger partial charge in [-0.05, 0) is 19.1 Å². The Labute approximate surface area is 128 Å². The van der Waals surface area contributed by atoms with Crippen molar-refractivity contribution in [3.63, 3.8) is 0 Å². The van der Waals surface area contributed by atoms with Crippen LogP contribution in [0.15, 0.2) is 66.9 Å². The second kappa shape index (κ2) is 6.18. The number of aromatic nitrogens is 2.